The Bertz CT molecular complexity index is 918. The molecule has 126 valence electrons. The Labute approximate surface area is 143 Å². The van der Waals surface area contributed by atoms with Gasteiger partial charge in [-0.05, 0) is 36.0 Å². The van der Waals surface area contributed by atoms with Crippen LogP contribution in [0.15, 0.2) is 15.8 Å². The Morgan fingerprint density at radius 1 is 1.38 bits per heavy atom. The zero-order valence-corrected chi connectivity index (χ0v) is 14.4. The zero-order valence-electron chi connectivity index (χ0n) is 12.8. The van der Waals surface area contributed by atoms with Crippen molar-refractivity contribution in [2.75, 3.05) is 11.9 Å². The minimum Gasteiger partial charge on any atom is -0.491 e. The van der Waals surface area contributed by atoms with E-state index in [2.05, 4.69) is 16.4 Å². The number of aromatic nitrogens is 1. The maximum absolute atomic E-state index is 12.5. The van der Waals surface area contributed by atoms with E-state index < -0.39 is 15.8 Å². The second-order valence-electron chi connectivity index (χ2n) is 5.88. The fourth-order valence-corrected chi connectivity index (χ4v) is 4.68. The summed E-state index contributed by atoms with van der Waals surface area (Å²) in [5, 5.41) is 9.64. The van der Waals surface area contributed by atoms with Crippen molar-refractivity contribution >= 4 is 32.8 Å². The van der Waals surface area contributed by atoms with Crippen molar-refractivity contribution < 1.29 is 13.7 Å². The molecule has 4 N–H and O–H groups in total. The molecule has 24 heavy (non-hydrogen) atoms. The quantitative estimate of drug-likeness (QED) is 0.773. The van der Waals surface area contributed by atoms with Gasteiger partial charge in [0.2, 0.25) is 4.34 Å². The molecule has 1 unspecified atom stereocenters. The summed E-state index contributed by atoms with van der Waals surface area (Å²) in [7, 11) is -3.40. The van der Waals surface area contributed by atoms with Crippen molar-refractivity contribution in [3.05, 3.63) is 33.8 Å². The van der Waals surface area contributed by atoms with Crippen LogP contribution in [0.3, 0.4) is 0 Å². The molecule has 2 aromatic rings. The molecule has 2 aliphatic rings. The maximum atomic E-state index is 12.5. The number of carbonyl (C=O) groups is 1. The van der Waals surface area contributed by atoms with Crippen LogP contribution in [0, 0.1) is 4.78 Å². The molecule has 1 atom stereocenters. The molecule has 9 heteroatoms. The lowest BCUT2D eigenvalue weighted by Gasteiger charge is -2.14. The van der Waals surface area contributed by atoms with Crippen LogP contribution in [0.1, 0.15) is 33.6 Å². The van der Waals surface area contributed by atoms with Crippen LogP contribution in [0.2, 0.25) is 0 Å². The molecule has 2 heterocycles. The third-order valence-corrected chi connectivity index (χ3v) is 6.54. The van der Waals surface area contributed by atoms with Gasteiger partial charge in [0.1, 0.15) is 11.4 Å². The number of carbonyl (C=O) groups excluding carboxylic acids is 1. The van der Waals surface area contributed by atoms with Gasteiger partial charge in [-0.3, -0.25) is 4.79 Å². The third kappa shape index (κ3) is 2.58. The van der Waals surface area contributed by atoms with Crippen LogP contribution in [0.5, 0.6) is 5.75 Å². The van der Waals surface area contributed by atoms with Gasteiger partial charge in [0, 0.05) is 11.8 Å². The largest absolute Gasteiger partial charge is 0.491 e. The first-order valence-corrected chi connectivity index (χ1v) is 10.1. The Morgan fingerprint density at radius 3 is 2.96 bits per heavy atom. The maximum Gasteiger partial charge on any atom is 0.275 e. The van der Waals surface area contributed by atoms with Crippen molar-refractivity contribution in [1.82, 2.24) is 4.98 Å². The number of rotatable bonds is 3. The molecule has 1 amide bonds. The summed E-state index contributed by atoms with van der Waals surface area (Å²) >= 11 is 0.955. The molecule has 0 saturated heterocycles. The van der Waals surface area contributed by atoms with E-state index in [9.17, 15) is 9.00 Å². The number of anilines is 1. The van der Waals surface area contributed by atoms with Gasteiger partial charge in [0.15, 0.2) is 9.92 Å². The summed E-state index contributed by atoms with van der Waals surface area (Å²) in [6.45, 7) is 0.621. The van der Waals surface area contributed by atoms with Crippen molar-refractivity contribution in [3.63, 3.8) is 0 Å². The third-order valence-electron chi connectivity index (χ3n) is 4.26. The average molecular weight is 364 g/mol. The standard InChI is InChI=1S/C15H16N4O3S2/c16-24(17,21)15-18-11(7-23-15)14(20)19-12-10-3-1-2-8(10)6-9-4-5-22-13(9)12/h6-7H,1-5H2,(H,19,20)(H3,16,17,21). The van der Waals surface area contributed by atoms with Gasteiger partial charge in [-0.2, -0.15) is 0 Å². The minimum atomic E-state index is -3.40. The van der Waals surface area contributed by atoms with Crippen LogP contribution in [-0.2, 0) is 29.2 Å². The molecule has 1 aliphatic heterocycles. The minimum absolute atomic E-state index is 0.0487. The SMILES string of the molecule is N=S(N)(=O)c1nc(C(=O)Nc2c3c(cc4c2OCC4)CCC3)cs1. The van der Waals surface area contributed by atoms with E-state index in [0.29, 0.717) is 6.61 Å². The van der Waals surface area contributed by atoms with E-state index in [1.807, 2.05) is 0 Å². The zero-order chi connectivity index (χ0) is 16.9. The second-order valence-corrected chi connectivity index (χ2v) is 8.59. The van der Waals surface area contributed by atoms with Crippen LogP contribution >= 0.6 is 11.3 Å². The van der Waals surface area contributed by atoms with Gasteiger partial charge < -0.3 is 10.1 Å². The summed E-state index contributed by atoms with van der Waals surface area (Å²) in [4.78, 5) is 16.5. The first-order valence-electron chi connectivity index (χ1n) is 7.57. The molecular formula is C15H16N4O3S2. The number of aryl methyl sites for hydroxylation is 1. The smallest absolute Gasteiger partial charge is 0.275 e. The molecule has 0 bridgehead atoms. The van der Waals surface area contributed by atoms with Gasteiger partial charge in [-0.15, -0.1) is 11.3 Å². The molecule has 0 fully saturated rings. The highest BCUT2D eigenvalue weighted by atomic mass is 32.2. The Kier molecular flexibility index (Phi) is 3.59. The number of hydrogen-bond acceptors (Lipinski definition) is 6. The highest BCUT2D eigenvalue weighted by Gasteiger charge is 2.27. The molecule has 0 radical (unpaired) electrons. The summed E-state index contributed by atoms with van der Waals surface area (Å²) in [6, 6.07) is 2.19. The first-order chi connectivity index (χ1) is 11.4. The van der Waals surface area contributed by atoms with Crippen LogP contribution in [0.4, 0.5) is 5.69 Å². The summed E-state index contributed by atoms with van der Waals surface area (Å²) < 4.78 is 24.6. The highest BCUT2D eigenvalue weighted by molar-refractivity contribution is 7.92. The van der Waals surface area contributed by atoms with Crippen molar-refractivity contribution in [2.45, 2.75) is 30.0 Å². The highest BCUT2D eigenvalue weighted by Crippen LogP contribution is 2.42. The lowest BCUT2D eigenvalue weighted by Crippen LogP contribution is -2.16. The lowest BCUT2D eigenvalue weighted by atomic mass is 10.0. The van der Waals surface area contributed by atoms with Gasteiger partial charge in [0.05, 0.1) is 12.3 Å². The van der Waals surface area contributed by atoms with Gasteiger partial charge in [0.25, 0.3) is 5.91 Å². The number of nitrogens with one attached hydrogen (secondary N) is 2. The fraction of sp³-hybridized carbons (Fsp3) is 0.333. The average Bonchev–Trinajstić information content (AvgIpc) is 3.25. The molecule has 0 saturated carbocycles. The second kappa shape index (κ2) is 5.54. The van der Waals surface area contributed by atoms with Crippen LogP contribution < -0.4 is 15.2 Å². The molecule has 1 aliphatic carbocycles. The van der Waals surface area contributed by atoms with E-state index in [1.165, 1.54) is 10.9 Å². The van der Waals surface area contributed by atoms with E-state index in [0.717, 1.165) is 59.6 Å². The van der Waals surface area contributed by atoms with Crippen LogP contribution in [-0.4, -0.2) is 21.7 Å². The Hall–Kier alpha value is -1.97. The predicted molar refractivity (Wildman–Crippen MR) is 91.0 cm³/mol. The number of fused-ring (bicyclic) bond motifs is 2. The monoisotopic (exact) mass is 364 g/mol. The fourth-order valence-electron chi connectivity index (χ4n) is 3.21. The van der Waals surface area contributed by atoms with Crippen molar-refractivity contribution in [1.29, 1.82) is 4.78 Å². The molecular weight excluding hydrogens is 348 g/mol. The first kappa shape index (κ1) is 15.6. The number of nitrogens with zero attached hydrogens (tertiary/aromatic N) is 1. The van der Waals surface area contributed by atoms with Crippen molar-refractivity contribution in [3.8, 4) is 5.75 Å². The molecule has 7 nitrogen and oxygen atoms in total. The topological polar surface area (TPSA) is 118 Å². The summed E-state index contributed by atoms with van der Waals surface area (Å²) in [5.41, 5.74) is 4.37. The van der Waals surface area contributed by atoms with E-state index in [1.54, 1.807) is 0 Å². The number of thiazole rings is 1. The number of hydrogen-bond donors (Lipinski definition) is 3. The number of amides is 1. The van der Waals surface area contributed by atoms with Gasteiger partial charge >= 0.3 is 0 Å². The number of benzene rings is 1. The number of ether oxygens (including phenoxy) is 1. The molecule has 0 spiro atoms. The van der Waals surface area contributed by atoms with E-state index in [-0.39, 0.29) is 10.0 Å². The number of nitrogens with two attached hydrogens (primary N) is 1. The normalized spacial score (nSPS) is 17.7. The molecule has 1 aromatic heterocycles. The summed E-state index contributed by atoms with van der Waals surface area (Å²) in [5.74, 6) is 0.349. The Balaban J connectivity index is 1.69. The lowest BCUT2D eigenvalue weighted by molar-refractivity contribution is 0.102. The van der Waals surface area contributed by atoms with E-state index >= 15 is 0 Å². The van der Waals surface area contributed by atoms with Crippen molar-refractivity contribution in [2.24, 2.45) is 5.14 Å². The molecule has 1 aromatic carbocycles. The predicted octanol–water partition coefficient (Wildman–Crippen LogP) is 2.10. The van der Waals surface area contributed by atoms with E-state index in [4.69, 9.17) is 14.7 Å². The summed E-state index contributed by atoms with van der Waals surface area (Å²) in [6.07, 6.45) is 3.84. The molecule has 4 rings (SSSR count). The van der Waals surface area contributed by atoms with Gasteiger partial charge in [-0.25, -0.2) is 19.1 Å². The van der Waals surface area contributed by atoms with Crippen LogP contribution in [0.25, 0.3) is 0 Å². The van der Waals surface area contributed by atoms with Gasteiger partial charge in [-0.1, -0.05) is 6.07 Å². The Morgan fingerprint density at radius 2 is 2.21 bits per heavy atom.